The minimum Gasteiger partial charge on any atom is -0.394 e. The van der Waals surface area contributed by atoms with Crippen LogP contribution in [0.4, 0.5) is 0 Å². The van der Waals surface area contributed by atoms with Gasteiger partial charge in [-0.3, -0.25) is 0 Å². The Morgan fingerprint density at radius 1 is 1.28 bits per heavy atom. The summed E-state index contributed by atoms with van der Waals surface area (Å²) in [5.74, 6) is 0.912. The van der Waals surface area contributed by atoms with E-state index in [9.17, 15) is 5.11 Å². The number of likely N-dealkylation sites (tertiary alicyclic amines) is 1. The first kappa shape index (κ1) is 15.9. The van der Waals surface area contributed by atoms with Crippen LogP contribution in [0.3, 0.4) is 0 Å². The summed E-state index contributed by atoms with van der Waals surface area (Å²) in [6.45, 7) is 11.6. The second kappa shape index (κ2) is 8.13. The van der Waals surface area contributed by atoms with E-state index in [0.717, 1.165) is 25.3 Å². The van der Waals surface area contributed by atoms with Crippen molar-refractivity contribution in [2.24, 2.45) is 5.92 Å². The number of aliphatic hydroxyl groups excluding tert-OH is 1. The maximum absolute atomic E-state index is 9.60. The summed E-state index contributed by atoms with van der Waals surface area (Å²) >= 11 is 0. The van der Waals surface area contributed by atoms with Gasteiger partial charge in [-0.2, -0.15) is 0 Å². The van der Waals surface area contributed by atoms with E-state index < -0.39 is 0 Å². The van der Waals surface area contributed by atoms with Gasteiger partial charge in [-0.1, -0.05) is 20.8 Å². The summed E-state index contributed by atoms with van der Waals surface area (Å²) in [6, 6.07) is 0. The quantitative estimate of drug-likeness (QED) is 0.699. The molecule has 1 saturated heterocycles. The number of aliphatic hydroxyl groups is 1. The number of nitrogens with one attached hydrogen (secondary N) is 1. The van der Waals surface area contributed by atoms with Gasteiger partial charge in [0.25, 0.3) is 0 Å². The molecular weight excluding hydrogens is 224 g/mol. The first-order valence-corrected chi connectivity index (χ1v) is 7.74. The fourth-order valence-electron chi connectivity index (χ4n) is 2.94. The Bertz CT molecular complexity index is 209. The van der Waals surface area contributed by atoms with Crippen molar-refractivity contribution in [1.29, 1.82) is 0 Å². The summed E-state index contributed by atoms with van der Waals surface area (Å²) in [4.78, 5) is 2.59. The van der Waals surface area contributed by atoms with Gasteiger partial charge < -0.3 is 15.3 Å². The Morgan fingerprint density at radius 2 is 1.94 bits per heavy atom. The Morgan fingerprint density at radius 3 is 2.44 bits per heavy atom. The highest BCUT2D eigenvalue weighted by Gasteiger charge is 2.26. The van der Waals surface area contributed by atoms with E-state index in [-0.39, 0.29) is 12.1 Å². The molecule has 108 valence electrons. The molecule has 1 fully saturated rings. The number of hydrogen-bond donors (Lipinski definition) is 2. The van der Waals surface area contributed by atoms with Crippen LogP contribution in [0, 0.1) is 5.92 Å². The topological polar surface area (TPSA) is 35.5 Å². The molecule has 0 bridgehead atoms. The number of rotatable bonds is 8. The van der Waals surface area contributed by atoms with Crippen LogP contribution in [-0.2, 0) is 0 Å². The van der Waals surface area contributed by atoms with Gasteiger partial charge >= 0.3 is 0 Å². The summed E-state index contributed by atoms with van der Waals surface area (Å²) in [5.41, 5.74) is -0.0438. The minimum atomic E-state index is -0.0438. The molecule has 0 aromatic rings. The smallest absolute Gasteiger partial charge is 0.0613 e. The number of nitrogens with zero attached hydrogens (tertiary/aromatic N) is 1. The van der Waals surface area contributed by atoms with Crippen molar-refractivity contribution in [2.75, 3.05) is 32.8 Å². The normalized spacial score (nSPS) is 22.0. The minimum absolute atomic E-state index is 0.0438. The monoisotopic (exact) mass is 256 g/mol. The molecule has 0 amide bonds. The fourth-order valence-corrected chi connectivity index (χ4v) is 2.94. The van der Waals surface area contributed by atoms with Gasteiger partial charge in [0.15, 0.2) is 0 Å². The van der Waals surface area contributed by atoms with E-state index in [4.69, 9.17) is 0 Å². The molecule has 1 rings (SSSR count). The van der Waals surface area contributed by atoms with Gasteiger partial charge in [0.05, 0.1) is 6.61 Å². The van der Waals surface area contributed by atoms with Crippen molar-refractivity contribution in [3.05, 3.63) is 0 Å². The molecule has 0 aliphatic carbocycles. The highest BCUT2D eigenvalue weighted by Crippen LogP contribution is 2.20. The van der Waals surface area contributed by atoms with E-state index >= 15 is 0 Å². The molecule has 0 radical (unpaired) electrons. The Balaban J connectivity index is 2.26. The van der Waals surface area contributed by atoms with Crippen LogP contribution < -0.4 is 5.32 Å². The number of hydrogen-bond acceptors (Lipinski definition) is 3. The maximum atomic E-state index is 9.60. The fraction of sp³-hybridized carbons (Fsp3) is 1.00. The van der Waals surface area contributed by atoms with Crippen molar-refractivity contribution in [1.82, 2.24) is 10.2 Å². The number of piperidine rings is 1. The largest absolute Gasteiger partial charge is 0.394 e. The molecule has 0 spiro atoms. The summed E-state index contributed by atoms with van der Waals surface area (Å²) < 4.78 is 0. The van der Waals surface area contributed by atoms with Gasteiger partial charge in [-0.25, -0.2) is 0 Å². The molecule has 1 aliphatic rings. The van der Waals surface area contributed by atoms with Crippen molar-refractivity contribution in [3.8, 4) is 0 Å². The molecule has 0 aromatic carbocycles. The zero-order valence-corrected chi connectivity index (χ0v) is 12.5. The lowest BCUT2D eigenvalue weighted by Gasteiger charge is -2.34. The molecule has 1 unspecified atom stereocenters. The molecule has 1 heterocycles. The van der Waals surface area contributed by atoms with Gasteiger partial charge in [-0.05, 0) is 64.2 Å². The number of likely N-dealkylation sites (N-methyl/N-ethyl adjacent to an activating group) is 1. The third-order valence-electron chi connectivity index (χ3n) is 4.54. The SMILES string of the molecule is CCNC(CC)(CO)CCCN1CCC(C)CC1. The predicted octanol–water partition coefficient (Wildman–Crippen LogP) is 2.25. The van der Waals surface area contributed by atoms with Crippen molar-refractivity contribution in [2.45, 2.75) is 58.4 Å². The Kier molecular flexibility index (Phi) is 7.20. The van der Waals surface area contributed by atoms with E-state index in [0.29, 0.717) is 0 Å². The Hall–Kier alpha value is -0.120. The first-order chi connectivity index (χ1) is 8.65. The van der Waals surface area contributed by atoms with Crippen LogP contribution >= 0.6 is 0 Å². The zero-order valence-electron chi connectivity index (χ0n) is 12.5. The summed E-state index contributed by atoms with van der Waals surface area (Å²) in [5, 5.41) is 13.1. The van der Waals surface area contributed by atoms with Crippen molar-refractivity contribution >= 4 is 0 Å². The summed E-state index contributed by atoms with van der Waals surface area (Å²) in [7, 11) is 0. The van der Waals surface area contributed by atoms with E-state index in [1.165, 1.54) is 38.9 Å². The molecule has 2 N–H and O–H groups in total. The average molecular weight is 256 g/mol. The molecule has 3 nitrogen and oxygen atoms in total. The van der Waals surface area contributed by atoms with E-state index in [1.807, 2.05) is 0 Å². The molecule has 1 atom stereocenters. The van der Waals surface area contributed by atoms with Crippen LogP contribution in [0.1, 0.15) is 52.9 Å². The van der Waals surface area contributed by atoms with Gasteiger partial charge in [0, 0.05) is 5.54 Å². The predicted molar refractivity (Wildman–Crippen MR) is 77.9 cm³/mol. The van der Waals surface area contributed by atoms with Crippen molar-refractivity contribution < 1.29 is 5.11 Å². The van der Waals surface area contributed by atoms with Gasteiger partial charge in [0.1, 0.15) is 0 Å². The lowest BCUT2D eigenvalue weighted by atomic mass is 9.90. The lowest BCUT2D eigenvalue weighted by molar-refractivity contribution is 0.133. The van der Waals surface area contributed by atoms with Gasteiger partial charge in [0.2, 0.25) is 0 Å². The van der Waals surface area contributed by atoms with Crippen LogP contribution in [0.25, 0.3) is 0 Å². The highest BCUT2D eigenvalue weighted by atomic mass is 16.3. The second-order valence-electron chi connectivity index (χ2n) is 5.95. The standard InChI is InChI=1S/C15H32N2O/c1-4-15(13-18,16-5-2)9-6-10-17-11-7-14(3)8-12-17/h14,16,18H,4-13H2,1-3H3. The highest BCUT2D eigenvalue weighted by molar-refractivity contribution is 4.86. The van der Waals surface area contributed by atoms with Gasteiger partial charge in [-0.15, -0.1) is 0 Å². The zero-order chi connectivity index (χ0) is 13.4. The summed E-state index contributed by atoms with van der Waals surface area (Å²) in [6.07, 6.45) is 5.99. The third-order valence-corrected chi connectivity index (χ3v) is 4.54. The molecule has 18 heavy (non-hydrogen) atoms. The Labute approximate surface area is 113 Å². The molecule has 1 aliphatic heterocycles. The van der Waals surface area contributed by atoms with Crippen LogP contribution in [0.2, 0.25) is 0 Å². The van der Waals surface area contributed by atoms with E-state index in [1.54, 1.807) is 0 Å². The third kappa shape index (κ3) is 4.87. The molecular formula is C15H32N2O. The van der Waals surface area contributed by atoms with Crippen LogP contribution in [0.5, 0.6) is 0 Å². The maximum Gasteiger partial charge on any atom is 0.0613 e. The first-order valence-electron chi connectivity index (χ1n) is 7.74. The molecule has 3 heteroatoms. The molecule has 0 saturated carbocycles. The second-order valence-corrected chi connectivity index (χ2v) is 5.95. The van der Waals surface area contributed by atoms with Crippen molar-refractivity contribution in [3.63, 3.8) is 0 Å². The van der Waals surface area contributed by atoms with Crippen LogP contribution in [-0.4, -0.2) is 48.3 Å². The average Bonchev–Trinajstić information content (AvgIpc) is 2.40. The van der Waals surface area contributed by atoms with Crippen LogP contribution in [0.15, 0.2) is 0 Å². The van der Waals surface area contributed by atoms with E-state index in [2.05, 4.69) is 31.0 Å². The molecule has 0 aromatic heterocycles. The lowest BCUT2D eigenvalue weighted by Crippen LogP contribution is -2.48.